The van der Waals surface area contributed by atoms with Gasteiger partial charge in [0.15, 0.2) is 5.75 Å². The van der Waals surface area contributed by atoms with Crippen LogP contribution in [0.1, 0.15) is 39.9 Å². The molecule has 0 spiro atoms. The second kappa shape index (κ2) is 9.00. The molecule has 2 amide bonds. The number of ether oxygens (including phenoxy) is 1. The SMILES string of the molecule is Cc1cccc(CNC(=O)CCCN2C(=O)c3cccnc3Oc3ccc(C)cc32)c1. The average molecular weight is 415 g/mol. The van der Waals surface area contributed by atoms with Crippen molar-refractivity contribution in [2.45, 2.75) is 33.2 Å². The predicted octanol–water partition coefficient (Wildman–Crippen LogP) is 4.55. The lowest BCUT2D eigenvalue weighted by molar-refractivity contribution is -0.121. The summed E-state index contributed by atoms with van der Waals surface area (Å²) in [6.07, 6.45) is 2.47. The van der Waals surface area contributed by atoms with Crippen molar-refractivity contribution in [3.8, 4) is 11.6 Å². The summed E-state index contributed by atoms with van der Waals surface area (Å²) in [5, 5.41) is 2.95. The van der Waals surface area contributed by atoms with Crippen LogP contribution >= 0.6 is 0 Å². The quantitative estimate of drug-likeness (QED) is 0.641. The Morgan fingerprint density at radius 3 is 2.74 bits per heavy atom. The lowest BCUT2D eigenvalue weighted by atomic mass is 10.1. The molecule has 1 aliphatic heterocycles. The van der Waals surface area contributed by atoms with E-state index < -0.39 is 0 Å². The number of aromatic nitrogens is 1. The van der Waals surface area contributed by atoms with Gasteiger partial charge in [-0.1, -0.05) is 35.9 Å². The number of nitrogens with zero attached hydrogens (tertiary/aromatic N) is 2. The van der Waals surface area contributed by atoms with Gasteiger partial charge in [-0.2, -0.15) is 0 Å². The normalized spacial score (nSPS) is 12.5. The zero-order valence-electron chi connectivity index (χ0n) is 17.7. The zero-order chi connectivity index (χ0) is 21.8. The van der Waals surface area contributed by atoms with Crippen LogP contribution in [-0.2, 0) is 11.3 Å². The van der Waals surface area contributed by atoms with Crippen LogP contribution in [0.25, 0.3) is 0 Å². The van der Waals surface area contributed by atoms with E-state index in [0.29, 0.717) is 48.8 Å². The summed E-state index contributed by atoms with van der Waals surface area (Å²) >= 11 is 0. The van der Waals surface area contributed by atoms with Gasteiger partial charge < -0.3 is 15.0 Å². The Morgan fingerprint density at radius 2 is 1.90 bits per heavy atom. The molecule has 1 aliphatic rings. The van der Waals surface area contributed by atoms with Crippen molar-refractivity contribution in [1.82, 2.24) is 10.3 Å². The first-order valence-electron chi connectivity index (χ1n) is 10.4. The molecule has 6 heteroatoms. The van der Waals surface area contributed by atoms with Crippen molar-refractivity contribution >= 4 is 17.5 Å². The van der Waals surface area contributed by atoms with Crippen molar-refractivity contribution < 1.29 is 14.3 Å². The van der Waals surface area contributed by atoms with Gasteiger partial charge in [0, 0.05) is 25.7 Å². The predicted molar refractivity (Wildman–Crippen MR) is 119 cm³/mol. The summed E-state index contributed by atoms with van der Waals surface area (Å²) in [5.74, 6) is 0.676. The van der Waals surface area contributed by atoms with Crippen molar-refractivity contribution in [2.75, 3.05) is 11.4 Å². The minimum absolute atomic E-state index is 0.0356. The van der Waals surface area contributed by atoms with Crippen molar-refractivity contribution in [3.63, 3.8) is 0 Å². The third-order valence-electron chi connectivity index (χ3n) is 5.22. The molecule has 4 rings (SSSR count). The van der Waals surface area contributed by atoms with Crippen molar-refractivity contribution in [2.24, 2.45) is 0 Å². The van der Waals surface area contributed by atoms with Crippen molar-refractivity contribution in [3.05, 3.63) is 83.0 Å². The van der Waals surface area contributed by atoms with Gasteiger partial charge >= 0.3 is 0 Å². The number of carbonyl (C=O) groups is 2. The number of hydrogen-bond acceptors (Lipinski definition) is 4. The molecule has 2 heterocycles. The second-order valence-electron chi connectivity index (χ2n) is 7.76. The maximum Gasteiger partial charge on any atom is 0.263 e. The first-order chi connectivity index (χ1) is 15.0. The summed E-state index contributed by atoms with van der Waals surface area (Å²) < 4.78 is 5.93. The highest BCUT2D eigenvalue weighted by Crippen LogP contribution is 2.38. The standard InChI is InChI=1S/C25H25N3O3/c1-17-6-3-7-19(14-17)16-27-23(29)9-5-13-28-21-15-18(2)10-11-22(21)31-24-20(25(28)30)8-4-12-26-24/h3-4,6-8,10-12,14-15H,5,9,13,16H2,1-2H3,(H,27,29). The van der Waals surface area contributed by atoms with E-state index in [2.05, 4.69) is 16.4 Å². The minimum atomic E-state index is -0.174. The lowest BCUT2D eigenvalue weighted by Crippen LogP contribution is -2.32. The van der Waals surface area contributed by atoms with E-state index in [1.165, 1.54) is 0 Å². The van der Waals surface area contributed by atoms with Crippen LogP contribution in [-0.4, -0.2) is 23.3 Å². The topological polar surface area (TPSA) is 71.5 Å². The number of benzene rings is 2. The van der Waals surface area contributed by atoms with Crippen molar-refractivity contribution in [1.29, 1.82) is 0 Å². The largest absolute Gasteiger partial charge is 0.436 e. The molecule has 0 saturated heterocycles. The Labute approximate surface area is 181 Å². The molecule has 3 aromatic rings. The zero-order valence-corrected chi connectivity index (χ0v) is 17.7. The van der Waals surface area contributed by atoms with Crippen LogP contribution in [0.4, 0.5) is 5.69 Å². The van der Waals surface area contributed by atoms with Gasteiger partial charge in [0.05, 0.1) is 5.69 Å². The number of nitrogens with one attached hydrogen (secondary N) is 1. The number of anilines is 1. The molecule has 0 radical (unpaired) electrons. The van der Waals surface area contributed by atoms with Crippen LogP contribution in [0.3, 0.4) is 0 Å². The summed E-state index contributed by atoms with van der Waals surface area (Å²) in [5.41, 5.74) is 4.37. The maximum atomic E-state index is 13.2. The third kappa shape index (κ3) is 4.74. The molecule has 6 nitrogen and oxygen atoms in total. The molecule has 31 heavy (non-hydrogen) atoms. The third-order valence-corrected chi connectivity index (χ3v) is 5.22. The van der Waals surface area contributed by atoms with Crippen LogP contribution in [0.15, 0.2) is 60.8 Å². The summed E-state index contributed by atoms with van der Waals surface area (Å²) in [6, 6.07) is 17.2. The molecule has 2 aromatic carbocycles. The minimum Gasteiger partial charge on any atom is -0.436 e. The number of rotatable bonds is 6. The highest BCUT2D eigenvalue weighted by atomic mass is 16.5. The van der Waals surface area contributed by atoms with Gasteiger partial charge in [0.25, 0.3) is 5.91 Å². The van der Waals surface area contributed by atoms with Gasteiger partial charge in [-0.15, -0.1) is 0 Å². The molecular weight excluding hydrogens is 390 g/mol. The van der Waals surface area contributed by atoms with Gasteiger partial charge in [-0.05, 0) is 55.7 Å². The summed E-state index contributed by atoms with van der Waals surface area (Å²) in [6.45, 7) is 4.90. The van der Waals surface area contributed by atoms with Gasteiger partial charge in [-0.3, -0.25) is 9.59 Å². The second-order valence-corrected chi connectivity index (χ2v) is 7.76. The molecule has 0 aliphatic carbocycles. The Hall–Kier alpha value is -3.67. The smallest absolute Gasteiger partial charge is 0.263 e. The van der Waals surface area contributed by atoms with E-state index in [0.717, 1.165) is 16.7 Å². The summed E-state index contributed by atoms with van der Waals surface area (Å²) in [4.78, 5) is 31.5. The number of aryl methyl sites for hydroxylation is 2. The average Bonchev–Trinajstić information content (AvgIpc) is 2.87. The molecular formula is C25H25N3O3. The molecule has 0 atom stereocenters. The molecule has 0 unspecified atom stereocenters. The highest BCUT2D eigenvalue weighted by Gasteiger charge is 2.28. The number of amides is 2. The van der Waals surface area contributed by atoms with Gasteiger partial charge in [-0.25, -0.2) is 4.98 Å². The Morgan fingerprint density at radius 1 is 1.06 bits per heavy atom. The maximum absolute atomic E-state index is 13.2. The summed E-state index contributed by atoms with van der Waals surface area (Å²) in [7, 11) is 0. The first-order valence-corrected chi connectivity index (χ1v) is 10.4. The Kier molecular flexibility index (Phi) is 5.98. The van der Waals surface area contributed by atoms with Gasteiger partial charge in [0.2, 0.25) is 11.8 Å². The fraction of sp³-hybridized carbons (Fsp3) is 0.240. The van der Waals surface area contributed by atoms with E-state index in [9.17, 15) is 9.59 Å². The van der Waals surface area contributed by atoms with E-state index in [1.807, 2.05) is 50.2 Å². The van der Waals surface area contributed by atoms with E-state index >= 15 is 0 Å². The number of carbonyl (C=O) groups excluding carboxylic acids is 2. The Balaban J connectivity index is 1.44. The molecule has 1 N–H and O–H groups in total. The molecule has 158 valence electrons. The van der Waals surface area contributed by atoms with E-state index in [4.69, 9.17) is 4.74 Å². The molecule has 0 fully saturated rings. The number of hydrogen-bond donors (Lipinski definition) is 1. The first kappa shape index (κ1) is 20.6. The molecule has 0 bridgehead atoms. The van der Waals surface area contributed by atoms with Crippen LogP contribution < -0.4 is 15.0 Å². The van der Waals surface area contributed by atoms with Crippen LogP contribution in [0.5, 0.6) is 11.6 Å². The fourth-order valence-electron chi connectivity index (χ4n) is 3.65. The van der Waals surface area contributed by atoms with Crippen LogP contribution in [0.2, 0.25) is 0 Å². The fourth-order valence-corrected chi connectivity index (χ4v) is 3.65. The Bertz CT molecular complexity index is 1130. The molecule has 1 aromatic heterocycles. The molecule has 0 saturated carbocycles. The number of fused-ring (bicyclic) bond motifs is 2. The highest BCUT2D eigenvalue weighted by molar-refractivity contribution is 6.09. The van der Waals surface area contributed by atoms with E-state index in [-0.39, 0.29) is 11.8 Å². The van der Waals surface area contributed by atoms with Crippen LogP contribution in [0, 0.1) is 13.8 Å². The monoisotopic (exact) mass is 415 g/mol. The lowest BCUT2D eigenvalue weighted by Gasteiger charge is -2.22. The van der Waals surface area contributed by atoms with E-state index in [1.54, 1.807) is 23.2 Å². The number of pyridine rings is 1. The van der Waals surface area contributed by atoms with Gasteiger partial charge in [0.1, 0.15) is 5.56 Å².